The molecule has 2 rings (SSSR count). The molecule has 7 heteroatoms. The van der Waals surface area contributed by atoms with Crippen molar-refractivity contribution in [1.29, 1.82) is 0 Å². The largest absolute Gasteiger partial charge is 0.411 e. The molecular formula is C14H8B2I2O3. The molecule has 2 radical (unpaired) electrons. The van der Waals surface area contributed by atoms with Gasteiger partial charge in [-0.2, -0.15) is 0 Å². The van der Waals surface area contributed by atoms with E-state index in [1.807, 2.05) is 24.3 Å². The highest BCUT2D eigenvalue weighted by Crippen LogP contribution is 2.01. The number of rotatable bonds is 4. The Morgan fingerprint density at radius 1 is 0.714 bits per heavy atom. The van der Waals surface area contributed by atoms with E-state index in [4.69, 9.17) is 4.74 Å². The van der Waals surface area contributed by atoms with Crippen molar-refractivity contribution in [1.82, 2.24) is 0 Å². The lowest BCUT2D eigenvalue weighted by Crippen LogP contribution is -2.31. The van der Waals surface area contributed by atoms with Crippen molar-refractivity contribution >= 4 is 82.4 Å². The zero-order chi connectivity index (χ0) is 15.2. The molecule has 0 heterocycles. The second-order valence-electron chi connectivity index (χ2n) is 4.13. The summed E-state index contributed by atoms with van der Waals surface area (Å²) in [5.41, 5.74) is 1.39. The number of hydrogen-bond donors (Lipinski definition) is 0. The van der Waals surface area contributed by atoms with Gasteiger partial charge < -0.3 is 4.74 Å². The van der Waals surface area contributed by atoms with Crippen molar-refractivity contribution in [3.05, 3.63) is 55.7 Å². The first-order valence-corrected chi connectivity index (χ1v) is 8.15. The second-order valence-corrected chi connectivity index (χ2v) is 6.62. The van der Waals surface area contributed by atoms with Gasteiger partial charge >= 0.3 is 0 Å². The molecule has 0 aliphatic heterocycles. The van der Waals surface area contributed by atoms with Gasteiger partial charge in [0, 0.05) is 7.14 Å². The van der Waals surface area contributed by atoms with Gasteiger partial charge in [-0.25, -0.2) is 0 Å². The van der Waals surface area contributed by atoms with Gasteiger partial charge in [-0.15, -0.1) is 0 Å². The standard InChI is InChI=1S/C14H8B2I2O3/c17-11-5-1-9(2-6-11)15-13(19)21-14(20)16-10-3-7-12(18)8-4-10/h1-8H. The molecule has 0 fully saturated rings. The van der Waals surface area contributed by atoms with Crippen molar-refractivity contribution in [2.45, 2.75) is 0 Å². The Balaban J connectivity index is 1.85. The monoisotopic (exact) mass is 500 g/mol. The summed E-state index contributed by atoms with van der Waals surface area (Å²) in [5.74, 6) is -1.36. The predicted molar refractivity (Wildman–Crippen MR) is 101 cm³/mol. The van der Waals surface area contributed by atoms with Crippen LogP contribution >= 0.6 is 45.2 Å². The van der Waals surface area contributed by atoms with Crippen molar-refractivity contribution < 1.29 is 14.3 Å². The van der Waals surface area contributed by atoms with Crippen molar-refractivity contribution in [2.24, 2.45) is 0 Å². The summed E-state index contributed by atoms with van der Waals surface area (Å²) < 4.78 is 6.87. The lowest BCUT2D eigenvalue weighted by molar-refractivity contribution is 0.184. The van der Waals surface area contributed by atoms with E-state index in [9.17, 15) is 9.59 Å². The van der Waals surface area contributed by atoms with E-state index in [1.165, 1.54) is 14.6 Å². The molecule has 2 aromatic carbocycles. The molecule has 0 unspecified atom stereocenters. The van der Waals surface area contributed by atoms with Crippen molar-refractivity contribution in [3.63, 3.8) is 0 Å². The average Bonchev–Trinajstić information content (AvgIpc) is 2.44. The third kappa shape index (κ3) is 5.82. The fourth-order valence-corrected chi connectivity index (χ4v) is 2.27. The summed E-state index contributed by atoms with van der Waals surface area (Å²) in [7, 11) is 2.57. The molecular weight excluding hydrogens is 492 g/mol. The van der Waals surface area contributed by atoms with E-state index in [-0.39, 0.29) is 0 Å². The van der Waals surface area contributed by atoms with Crippen LogP contribution in [-0.2, 0) is 4.74 Å². The average molecular weight is 500 g/mol. The number of benzene rings is 2. The molecule has 0 aliphatic rings. The van der Waals surface area contributed by atoms with Gasteiger partial charge in [-0.1, -0.05) is 35.2 Å². The van der Waals surface area contributed by atoms with Crippen LogP contribution in [0.1, 0.15) is 0 Å². The Kier molecular flexibility index (Phi) is 6.28. The molecule has 0 spiro atoms. The maximum Gasteiger partial charge on any atom is 0.300 e. The van der Waals surface area contributed by atoms with Crippen LogP contribution < -0.4 is 10.9 Å². The van der Waals surface area contributed by atoms with Gasteiger partial charge in [0.25, 0.3) is 26.3 Å². The fraction of sp³-hybridized carbons (Fsp3) is 0. The van der Waals surface area contributed by atoms with Gasteiger partial charge in [0.05, 0.1) is 0 Å². The lowest BCUT2D eigenvalue weighted by atomic mass is 9.69. The summed E-state index contributed by atoms with van der Waals surface area (Å²) in [4.78, 5) is 23.3. The Hall–Kier alpha value is -0.830. The third-order valence-electron chi connectivity index (χ3n) is 2.51. The van der Waals surface area contributed by atoms with E-state index in [1.54, 1.807) is 24.3 Å². The molecule has 2 aromatic rings. The van der Waals surface area contributed by atoms with E-state index in [0.29, 0.717) is 10.9 Å². The smallest absolute Gasteiger partial charge is 0.300 e. The molecule has 0 aromatic heterocycles. The van der Waals surface area contributed by atoms with E-state index >= 15 is 0 Å². The first kappa shape index (κ1) is 16.5. The van der Waals surface area contributed by atoms with Crippen molar-refractivity contribution in [3.8, 4) is 0 Å². The molecule has 3 nitrogen and oxygen atoms in total. The Labute approximate surface area is 151 Å². The first-order valence-electron chi connectivity index (χ1n) is 5.99. The van der Waals surface area contributed by atoms with Crippen LogP contribution in [-0.4, -0.2) is 26.3 Å². The van der Waals surface area contributed by atoms with Gasteiger partial charge in [-0.3, -0.25) is 9.59 Å². The Morgan fingerprint density at radius 3 is 1.38 bits per heavy atom. The van der Waals surface area contributed by atoms with Crippen LogP contribution in [0.15, 0.2) is 48.5 Å². The Bertz CT molecular complexity index is 585. The topological polar surface area (TPSA) is 43.4 Å². The summed E-state index contributed by atoms with van der Waals surface area (Å²) in [5, 5.41) is 0. The highest BCUT2D eigenvalue weighted by Gasteiger charge is 2.14. The zero-order valence-electron chi connectivity index (χ0n) is 10.8. The van der Waals surface area contributed by atoms with Crippen LogP contribution in [0.2, 0.25) is 0 Å². The minimum atomic E-state index is -0.678. The molecule has 0 amide bonds. The fourth-order valence-electron chi connectivity index (χ4n) is 1.55. The third-order valence-corrected chi connectivity index (χ3v) is 3.95. The van der Waals surface area contributed by atoms with Gasteiger partial charge in [0.2, 0.25) is 0 Å². The van der Waals surface area contributed by atoms with E-state index in [0.717, 1.165) is 7.14 Å². The minimum Gasteiger partial charge on any atom is -0.411 e. The quantitative estimate of drug-likeness (QED) is 0.369. The summed E-state index contributed by atoms with van der Waals surface area (Å²) >= 11 is 4.35. The number of hydrogen-bond acceptors (Lipinski definition) is 3. The SMILES string of the molecule is O=C([B]c1ccc(I)cc1)OC(=O)[B]c1ccc(I)cc1. The summed E-state index contributed by atoms with van der Waals surface area (Å²) in [6, 6.07) is 14.6. The summed E-state index contributed by atoms with van der Waals surface area (Å²) in [6.45, 7) is 0. The Morgan fingerprint density at radius 2 is 1.05 bits per heavy atom. The maximum absolute atomic E-state index is 11.6. The highest BCUT2D eigenvalue weighted by molar-refractivity contribution is 14.1. The lowest BCUT2D eigenvalue weighted by Gasteiger charge is -2.03. The zero-order valence-corrected chi connectivity index (χ0v) is 15.1. The maximum atomic E-state index is 11.6. The van der Waals surface area contributed by atoms with E-state index < -0.39 is 11.7 Å². The van der Waals surface area contributed by atoms with Gasteiger partial charge in [0.15, 0.2) is 0 Å². The van der Waals surface area contributed by atoms with Crippen LogP contribution in [0.25, 0.3) is 0 Å². The number of ether oxygens (including phenoxy) is 1. The molecule has 102 valence electrons. The summed E-state index contributed by atoms with van der Waals surface area (Å²) in [6.07, 6.45) is 0. The highest BCUT2D eigenvalue weighted by atomic mass is 127. The molecule has 0 aliphatic carbocycles. The molecule has 0 saturated heterocycles. The predicted octanol–water partition coefficient (Wildman–Crippen LogP) is 2.51. The number of carbonyl (C=O) groups is 2. The van der Waals surface area contributed by atoms with Crippen LogP contribution in [0.4, 0.5) is 9.59 Å². The normalized spacial score (nSPS) is 9.81. The molecule has 0 saturated carbocycles. The molecule has 21 heavy (non-hydrogen) atoms. The van der Waals surface area contributed by atoms with Crippen LogP contribution in [0.5, 0.6) is 0 Å². The van der Waals surface area contributed by atoms with E-state index in [2.05, 4.69) is 45.2 Å². The van der Waals surface area contributed by atoms with Crippen molar-refractivity contribution in [2.75, 3.05) is 0 Å². The van der Waals surface area contributed by atoms with Crippen LogP contribution in [0.3, 0.4) is 0 Å². The number of carbonyl (C=O) groups excluding carboxylic acids is 2. The first-order chi connectivity index (χ1) is 10.0. The number of halogens is 2. The molecule has 0 N–H and O–H groups in total. The van der Waals surface area contributed by atoms with Crippen LogP contribution in [0, 0.1) is 7.14 Å². The minimum absolute atomic E-state index is 0.678. The molecule has 0 atom stereocenters. The van der Waals surface area contributed by atoms with Gasteiger partial charge in [0.1, 0.15) is 0 Å². The van der Waals surface area contributed by atoms with Gasteiger partial charge in [-0.05, 0) is 69.4 Å². The molecule has 0 bridgehead atoms. The second kappa shape index (κ2) is 7.98.